The number of anilines is 1. The van der Waals surface area contributed by atoms with Gasteiger partial charge in [-0.15, -0.1) is 0 Å². The van der Waals surface area contributed by atoms with Gasteiger partial charge in [-0.05, 0) is 41.8 Å². The second-order valence-electron chi connectivity index (χ2n) is 7.50. The monoisotopic (exact) mass is 355 g/mol. The predicted molar refractivity (Wildman–Crippen MR) is 115 cm³/mol. The number of hydrogen-bond donors (Lipinski definition) is 0. The largest absolute Gasteiger partial charge is 0.351 e. The summed E-state index contributed by atoms with van der Waals surface area (Å²) in [7, 11) is 2.10. The van der Waals surface area contributed by atoms with E-state index >= 15 is 0 Å². The molecule has 27 heavy (non-hydrogen) atoms. The van der Waals surface area contributed by atoms with E-state index in [0.29, 0.717) is 5.92 Å². The number of fused-ring (bicyclic) bond motifs is 2. The smallest absolute Gasteiger partial charge is 0.213 e. The van der Waals surface area contributed by atoms with Crippen molar-refractivity contribution in [2.45, 2.75) is 26.8 Å². The molecule has 0 radical (unpaired) electrons. The second-order valence-corrected chi connectivity index (χ2v) is 7.50. The zero-order valence-corrected chi connectivity index (χ0v) is 16.4. The minimum absolute atomic E-state index is 0.673. The van der Waals surface area contributed by atoms with E-state index in [-0.39, 0.29) is 0 Å². The Labute approximate surface area is 162 Å². The van der Waals surface area contributed by atoms with Crippen molar-refractivity contribution in [1.29, 1.82) is 0 Å². The van der Waals surface area contributed by atoms with E-state index < -0.39 is 0 Å². The van der Waals surface area contributed by atoms with Crippen LogP contribution < -0.4 is 9.47 Å². The molecule has 2 aromatic carbocycles. The fourth-order valence-corrected chi connectivity index (χ4v) is 3.74. The summed E-state index contributed by atoms with van der Waals surface area (Å²) in [6.07, 6.45) is 10.1. The van der Waals surface area contributed by atoms with E-state index in [1.165, 1.54) is 39.7 Å². The molecule has 136 valence electrons. The van der Waals surface area contributed by atoms with Gasteiger partial charge in [-0.3, -0.25) is 0 Å². The molecule has 0 saturated carbocycles. The summed E-state index contributed by atoms with van der Waals surface area (Å²) in [6, 6.07) is 19.6. The highest BCUT2D eigenvalue weighted by atomic mass is 15.1. The molecule has 0 fully saturated rings. The Morgan fingerprint density at radius 1 is 1.04 bits per heavy atom. The zero-order valence-electron chi connectivity index (χ0n) is 16.4. The average molecular weight is 356 g/mol. The average Bonchev–Trinajstić information content (AvgIpc) is 2.71. The Balaban J connectivity index is 1.83. The standard InChI is InChI=1S/C25H27N2/c1-4-19(2)18-27-16-14-21(23-10-6-8-12-25(23)27)17-20-13-15-26(3)24-11-7-5-9-22(20)24/h5-17,19H,4,18H2,1-3H3/q+1. The van der Waals surface area contributed by atoms with Gasteiger partial charge in [-0.1, -0.05) is 44.2 Å². The fourth-order valence-electron chi connectivity index (χ4n) is 3.74. The van der Waals surface area contributed by atoms with Crippen molar-refractivity contribution in [2.24, 2.45) is 5.92 Å². The molecule has 2 nitrogen and oxygen atoms in total. The summed E-state index contributed by atoms with van der Waals surface area (Å²) in [6.45, 7) is 5.63. The highest BCUT2D eigenvalue weighted by Crippen LogP contribution is 2.33. The first-order valence-electron chi connectivity index (χ1n) is 9.80. The second kappa shape index (κ2) is 7.40. The van der Waals surface area contributed by atoms with Gasteiger partial charge >= 0.3 is 0 Å². The molecular formula is C25H27N2+. The summed E-state index contributed by atoms with van der Waals surface area (Å²) in [5, 5.41) is 1.31. The highest BCUT2D eigenvalue weighted by molar-refractivity contribution is 5.98. The molecule has 0 saturated heterocycles. The van der Waals surface area contributed by atoms with Crippen molar-refractivity contribution >= 4 is 28.2 Å². The molecule has 1 atom stereocenters. The highest BCUT2D eigenvalue weighted by Gasteiger charge is 2.16. The summed E-state index contributed by atoms with van der Waals surface area (Å²) < 4.78 is 2.39. The number of aromatic nitrogens is 1. The molecule has 1 aliphatic rings. The molecule has 0 bridgehead atoms. The third-order valence-corrected chi connectivity index (χ3v) is 5.55. The van der Waals surface area contributed by atoms with E-state index in [0.717, 1.165) is 6.54 Å². The first-order valence-corrected chi connectivity index (χ1v) is 9.80. The van der Waals surface area contributed by atoms with Crippen molar-refractivity contribution in [2.75, 3.05) is 11.9 Å². The normalized spacial score (nSPS) is 16.0. The van der Waals surface area contributed by atoms with Crippen LogP contribution in [0.25, 0.3) is 22.6 Å². The maximum Gasteiger partial charge on any atom is 0.213 e. The molecule has 1 aromatic heterocycles. The van der Waals surface area contributed by atoms with Gasteiger partial charge in [0.05, 0.1) is 5.39 Å². The molecule has 0 amide bonds. The number of rotatable bonds is 4. The molecule has 2 heterocycles. The van der Waals surface area contributed by atoms with Crippen LogP contribution in [0, 0.1) is 5.92 Å². The van der Waals surface area contributed by atoms with Crippen LogP contribution in [0.2, 0.25) is 0 Å². The van der Waals surface area contributed by atoms with Crippen LogP contribution >= 0.6 is 0 Å². The van der Waals surface area contributed by atoms with E-state index in [2.05, 4.69) is 110 Å². The predicted octanol–water partition coefficient (Wildman–Crippen LogP) is 5.68. The number of para-hydroxylation sites is 2. The lowest BCUT2D eigenvalue weighted by Gasteiger charge is -2.23. The van der Waals surface area contributed by atoms with Gasteiger partial charge in [-0.2, -0.15) is 4.57 Å². The molecule has 2 heteroatoms. The molecule has 0 spiro atoms. The van der Waals surface area contributed by atoms with Gasteiger partial charge in [0.15, 0.2) is 12.7 Å². The van der Waals surface area contributed by atoms with Crippen LogP contribution in [0.5, 0.6) is 0 Å². The van der Waals surface area contributed by atoms with Crippen LogP contribution in [0.1, 0.15) is 31.4 Å². The van der Waals surface area contributed by atoms with Crippen molar-refractivity contribution in [3.05, 3.63) is 84.2 Å². The zero-order chi connectivity index (χ0) is 18.8. The van der Waals surface area contributed by atoms with Crippen LogP contribution in [0.3, 0.4) is 0 Å². The first-order chi connectivity index (χ1) is 13.2. The molecule has 1 unspecified atom stereocenters. The maximum absolute atomic E-state index is 2.39. The Morgan fingerprint density at radius 2 is 1.81 bits per heavy atom. The fraction of sp³-hybridized carbons (Fsp3) is 0.240. The first kappa shape index (κ1) is 17.5. The van der Waals surface area contributed by atoms with Gasteiger partial charge in [0.1, 0.15) is 0 Å². The lowest BCUT2D eigenvalue weighted by Crippen LogP contribution is -2.37. The molecule has 4 rings (SSSR count). The third kappa shape index (κ3) is 3.40. The van der Waals surface area contributed by atoms with Crippen LogP contribution in [-0.4, -0.2) is 7.05 Å². The minimum Gasteiger partial charge on any atom is -0.351 e. The summed E-state index contributed by atoms with van der Waals surface area (Å²) in [4.78, 5) is 2.18. The third-order valence-electron chi connectivity index (χ3n) is 5.55. The van der Waals surface area contributed by atoms with Gasteiger partial charge < -0.3 is 4.90 Å². The van der Waals surface area contributed by atoms with Crippen molar-refractivity contribution in [3.8, 4) is 0 Å². The van der Waals surface area contributed by atoms with Gasteiger partial charge in [-0.25, -0.2) is 0 Å². The Morgan fingerprint density at radius 3 is 2.67 bits per heavy atom. The number of hydrogen-bond acceptors (Lipinski definition) is 1. The molecule has 1 aliphatic heterocycles. The Bertz CT molecular complexity index is 1030. The molecule has 3 aromatic rings. The van der Waals surface area contributed by atoms with Crippen LogP contribution in [0.15, 0.2) is 73.1 Å². The van der Waals surface area contributed by atoms with Gasteiger partial charge in [0.25, 0.3) is 0 Å². The quantitative estimate of drug-likeness (QED) is 0.546. The van der Waals surface area contributed by atoms with Crippen LogP contribution in [-0.2, 0) is 6.54 Å². The number of pyridine rings is 1. The minimum atomic E-state index is 0.673. The summed E-state index contributed by atoms with van der Waals surface area (Å²) >= 11 is 0. The van der Waals surface area contributed by atoms with Crippen molar-refractivity contribution in [3.63, 3.8) is 0 Å². The maximum atomic E-state index is 2.39. The van der Waals surface area contributed by atoms with E-state index in [9.17, 15) is 0 Å². The molecule has 0 N–H and O–H groups in total. The van der Waals surface area contributed by atoms with Crippen LogP contribution in [0.4, 0.5) is 5.69 Å². The van der Waals surface area contributed by atoms with Gasteiger partial charge in [0, 0.05) is 42.5 Å². The van der Waals surface area contributed by atoms with E-state index in [1.807, 2.05) is 0 Å². The Hall–Kier alpha value is -2.87. The number of nitrogens with zero attached hydrogens (tertiary/aromatic N) is 2. The topological polar surface area (TPSA) is 7.12 Å². The van der Waals surface area contributed by atoms with E-state index in [4.69, 9.17) is 0 Å². The van der Waals surface area contributed by atoms with Crippen molar-refractivity contribution in [1.82, 2.24) is 0 Å². The van der Waals surface area contributed by atoms with E-state index in [1.54, 1.807) is 0 Å². The number of benzene rings is 2. The SMILES string of the molecule is CCC(C)C[n+]1ccc(/C=C2\C=CN(C)c3ccccc32)c2ccccc21. The Kier molecular flexibility index (Phi) is 4.81. The van der Waals surface area contributed by atoms with Gasteiger partial charge in [0.2, 0.25) is 5.52 Å². The molecular weight excluding hydrogens is 328 g/mol. The number of allylic oxidation sites excluding steroid dienone is 2. The van der Waals surface area contributed by atoms with Crippen molar-refractivity contribution < 1.29 is 4.57 Å². The lowest BCUT2D eigenvalue weighted by molar-refractivity contribution is -0.677. The summed E-state index contributed by atoms with van der Waals surface area (Å²) in [5.74, 6) is 0.673. The summed E-state index contributed by atoms with van der Waals surface area (Å²) in [5.41, 5.74) is 6.36. The molecule has 0 aliphatic carbocycles. The lowest BCUT2D eigenvalue weighted by atomic mass is 9.97.